The molecule has 0 saturated carbocycles. The lowest BCUT2D eigenvalue weighted by Crippen LogP contribution is -2.37. The quantitative estimate of drug-likeness (QED) is 0.612. The van der Waals surface area contributed by atoms with Gasteiger partial charge < -0.3 is 10.1 Å². The van der Waals surface area contributed by atoms with Crippen molar-refractivity contribution in [3.63, 3.8) is 0 Å². The molecule has 0 atom stereocenters. The highest BCUT2D eigenvalue weighted by Crippen LogP contribution is 1.80. The van der Waals surface area contributed by atoms with Gasteiger partial charge in [0.2, 0.25) is 0 Å². The van der Waals surface area contributed by atoms with Crippen LogP contribution in [-0.2, 0) is 11.3 Å². The Labute approximate surface area is 72.5 Å². The van der Waals surface area contributed by atoms with Gasteiger partial charge in [-0.1, -0.05) is 0 Å². The molecule has 6 heteroatoms. The zero-order valence-corrected chi connectivity index (χ0v) is 6.90. The average molecular weight is 184 g/mol. The highest BCUT2D eigenvalue weighted by atomic mass is 16.4. The van der Waals surface area contributed by atoms with E-state index in [0.717, 1.165) is 0 Å². The maximum Gasteiger partial charge on any atom is 0.328 e. The number of nitrogens with one attached hydrogen (secondary N) is 1. The Bertz CT molecular complexity index is 443. The van der Waals surface area contributed by atoms with E-state index in [0.29, 0.717) is 10.1 Å². The van der Waals surface area contributed by atoms with Gasteiger partial charge in [-0.2, -0.15) is 0 Å². The van der Waals surface area contributed by atoms with Gasteiger partial charge in [0.1, 0.15) is 6.54 Å². The van der Waals surface area contributed by atoms with Crippen LogP contribution in [0.15, 0.2) is 15.8 Å². The molecule has 1 aromatic heterocycles. The van der Waals surface area contributed by atoms with Crippen LogP contribution < -0.4 is 11.2 Å². The number of hydrogen-bond acceptors (Lipinski definition) is 3. The van der Waals surface area contributed by atoms with Crippen LogP contribution in [-0.4, -0.2) is 20.6 Å². The summed E-state index contributed by atoms with van der Waals surface area (Å²) in [6.45, 7) is 0.881. The summed E-state index contributed by atoms with van der Waals surface area (Å²) in [4.78, 5) is 34.7. The van der Waals surface area contributed by atoms with Gasteiger partial charge in [0.25, 0.3) is 5.56 Å². The molecule has 0 aliphatic heterocycles. The molecule has 70 valence electrons. The molecule has 0 aromatic carbocycles. The number of nitrogens with zero attached hydrogens (tertiary/aromatic N) is 1. The van der Waals surface area contributed by atoms with Crippen molar-refractivity contribution in [3.05, 3.63) is 32.6 Å². The molecule has 1 rings (SSSR count). The second-order valence-corrected chi connectivity index (χ2v) is 2.56. The number of aromatic nitrogens is 2. The number of H-pyrrole nitrogens is 1. The first-order chi connectivity index (χ1) is 6.02. The normalized spacial score (nSPS) is 9.92. The second-order valence-electron chi connectivity index (χ2n) is 2.56. The summed E-state index contributed by atoms with van der Waals surface area (Å²) in [6, 6.07) is 0. The Hall–Kier alpha value is -1.85. The first kappa shape index (κ1) is 9.24. The van der Waals surface area contributed by atoms with E-state index in [1.54, 1.807) is 0 Å². The Balaban J connectivity index is 3.35. The van der Waals surface area contributed by atoms with E-state index in [1.165, 1.54) is 13.1 Å². The molecule has 0 aliphatic carbocycles. The number of hydrogen-bond donors (Lipinski definition) is 2. The molecule has 0 fully saturated rings. The highest BCUT2D eigenvalue weighted by molar-refractivity contribution is 5.66. The molecule has 13 heavy (non-hydrogen) atoms. The third-order valence-electron chi connectivity index (χ3n) is 1.53. The summed E-state index contributed by atoms with van der Waals surface area (Å²) in [5.74, 6) is -1.22. The van der Waals surface area contributed by atoms with Crippen molar-refractivity contribution in [2.24, 2.45) is 0 Å². The lowest BCUT2D eigenvalue weighted by Gasteiger charge is -2.00. The van der Waals surface area contributed by atoms with Gasteiger partial charge in [-0.15, -0.1) is 0 Å². The number of aliphatic carboxylic acids is 1. The van der Waals surface area contributed by atoms with E-state index in [9.17, 15) is 14.4 Å². The monoisotopic (exact) mass is 184 g/mol. The molecule has 0 radical (unpaired) electrons. The van der Waals surface area contributed by atoms with Crippen LogP contribution >= 0.6 is 0 Å². The fraction of sp³-hybridized carbons (Fsp3) is 0.286. The fourth-order valence-corrected chi connectivity index (χ4v) is 0.894. The number of aryl methyl sites for hydroxylation is 1. The fourth-order valence-electron chi connectivity index (χ4n) is 0.894. The molecule has 0 unspecified atom stereocenters. The lowest BCUT2D eigenvalue weighted by molar-refractivity contribution is -0.137. The zero-order chi connectivity index (χ0) is 10.0. The minimum Gasteiger partial charge on any atom is -0.480 e. The van der Waals surface area contributed by atoms with Crippen LogP contribution in [0.25, 0.3) is 0 Å². The van der Waals surface area contributed by atoms with Crippen LogP contribution in [0, 0.1) is 6.92 Å². The zero-order valence-electron chi connectivity index (χ0n) is 6.90. The minimum atomic E-state index is -1.22. The van der Waals surface area contributed by atoms with Crippen molar-refractivity contribution >= 4 is 5.97 Å². The van der Waals surface area contributed by atoms with E-state index in [4.69, 9.17) is 5.11 Å². The number of carboxylic acids is 1. The molecule has 0 bridgehead atoms. The maximum atomic E-state index is 11.2. The average Bonchev–Trinajstić information content (AvgIpc) is 2.05. The highest BCUT2D eigenvalue weighted by Gasteiger charge is 2.06. The van der Waals surface area contributed by atoms with E-state index < -0.39 is 23.8 Å². The van der Waals surface area contributed by atoms with Crippen LogP contribution in [0.4, 0.5) is 0 Å². The Morgan fingerprint density at radius 3 is 2.77 bits per heavy atom. The first-order valence-electron chi connectivity index (χ1n) is 3.53. The Kier molecular flexibility index (Phi) is 2.32. The smallest absolute Gasteiger partial charge is 0.328 e. The molecular weight excluding hydrogens is 176 g/mol. The number of aromatic amines is 1. The SMILES string of the molecule is Cc1c[nH]c(=O)n(CC(=O)O)c1=O. The van der Waals surface area contributed by atoms with E-state index in [1.807, 2.05) is 0 Å². The van der Waals surface area contributed by atoms with Gasteiger partial charge in [-0.05, 0) is 6.92 Å². The molecule has 2 N–H and O–H groups in total. The van der Waals surface area contributed by atoms with Gasteiger partial charge in [-0.25, -0.2) is 9.36 Å². The molecule has 0 amide bonds. The first-order valence-corrected chi connectivity index (χ1v) is 3.53. The third kappa shape index (κ3) is 1.84. The number of rotatable bonds is 2. The summed E-state index contributed by atoms with van der Waals surface area (Å²) in [7, 11) is 0. The predicted octanol–water partition coefficient (Wildman–Crippen LogP) is -1.07. The minimum absolute atomic E-state index is 0.306. The lowest BCUT2D eigenvalue weighted by atomic mass is 10.4. The van der Waals surface area contributed by atoms with Gasteiger partial charge in [0.15, 0.2) is 0 Å². The van der Waals surface area contributed by atoms with Crippen molar-refractivity contribution in [1.29, 1.82) is 0 Å². The Morgan fingerprint density at radius 2 is 2.23 bits per heavy atom. The molecule has 6 nitrogen and oxygen atoms in total. The Morgan fingerprint density at radius 1 is 1.62 bits per heavy atom. The van der Waals surface area contributed by atoms with Gasteiger partial charge in [-0.3, -0.25) is 9.59 Å². The van der Waals surface area contributed by atoms with Crippen LogP contribution in [0.1, 0.15) is 5.56 Å². The van der Waals surface area contributed by atoms with Gasteiger partial charge in [0, 0.05) is 11.8 Å². The van der Waals surface area contributed by atoms with Crippen LogP contribution in [0.5, 0.6) is 0 Å². The maximum absolute atomic E-state index is 11.2. The van der Waals surface area contributed by atoms with Crippen molar-refractivity contribution in [2.45, 2.75) is 13.5 Å². The summed E-state index contributed by atoms with van der Waals surface area (Å²) in [5.41, 5.74) is -0.981. The third-order valence-corrected chi connectivity index (χ3v) is 1.53. The molecule has 0 aliphatic rings. The largest absolute Gasteiger partial charge is 0.480 e. The van der Waals surface area contributed by atoms with Crippen LogP contribution in [0.2, 0.25) is 0 Å². The van der Waals surface area contributed by atoms with Gasteiger partial charge >= 0.3 is 11.7 Å². The molecule has 0 saturated heterocycles. The van der Waals surface area contributed by atoms with Gasteiger partial charge in [0.05, 0.1) is 0 Å². The number of carbonyl (C=O) groups is 1. The standard InChI is InChI=1S/C7H8N2O4/c1-4-2-8-7(13)9(6(4)12)3-5(10)11/h2H,3H2,1H3,(H,8,13)(H,10,11). The molecule has 0 spiro atoms. The summed E-state index contributed by atoms with van der Waals surface area (Å²) in [5, 5.41) is 8.39. The summed E-state index contributed by atoms with van der Waals surface area (Å²) >= 11 is 0. The number of carboxylic acid groups (broad SMARTS) is 1. The molecular formula is C7H8N2O4. The van der Waals surface area contributed by atoms with E-state index in [2.05, 4.69) is 4.98 Å². The van der Waals surface area contributed by atoms with Crippen LogP contribution in [0.3, 0.4) is 0 Å². The predicted molar refractivity (Wildman–Crippen MR) is 43.7 cm³/mol. The van der Waals surface area contributed by atoms with Crippen molar-refractivity contribution in [2.75, 3.05) is 0 Å². The van der Waals surface area contributed by atoms with Crippen molar-refractivity contribution < 1.29 is 9.90 Å². The summed E-state index contributed by atoms with van der Waals surface area (Å²) in [6.07, 6.45) is 1.25. The molecule has 1 heterocycles. The second kappa shape index (κ2) is 3.26. The summed E-state index contributed by atoms with van der Waals surface area (Å²) < 4.78 is 0.637. The van der Waals surface area contributed by atoms with E-state index in [-0.39, 0.29) is 0 Å². The molecule has 1 aromatic rings. The van der Waals surface area contributed by atoms with Crippen molar-refractivity contribution in [3.8, 4) is 0 Å². The van der Waals surface area contributed by atoms with E-state index >= 15 is 0 Å². The van der Waals surface area contributed by atoms with Crippen molar-refractivity contribution in [1.82, 2.24) is 9.55 Å². The topological polar surface area (TPSA) is 92.2 Å².